The average molecular weight is 173 g/mol. The van der Waals surface area contributed by atoms with E-state index in [9.17, 15) is 4.79 Å². The molecule has 1 fully saturated rings. The standard InChI is InChI=1S/C8H15NO3/c1-2-12-8(11)7-4-3-6(10)5-9-7/h6-7,9-10H,2-5H2,1H3/t6-,7?/m0/s1. The van der Waals surface area contributed by atoms with Gasteiger partial charge in [-0.2, -0.15) is 0 Å². The third-order valence-corrected chi connectivity index (χ3v) is 1.96. The highest BCUT2D eigenvalue weighted by Gasteiger charge is 2.25. The van der Waals surface area contributed by atoms with Crippen LogP contribution in [-0.4, -0.2) is 36.4 Å². The zero-order valence-corrected chi connectivity index (χ0v) is 7.25. The van der Waals surface area contributed by atoms with Crippen LogP contribution in [0.4, 0.5) is 0 Å². The predicted molar refractivity (Wildman–Crippen MR) is 43.7 cm³/mol. The lowest BCUT2D eigenvalue weighted by molar-refractivity contribution is -0.146. The van der Waals surface area contributed by atoms with E-state index in [-0.39, 0.29) is 18.1 Å². The molecule has 1 saturated heterocycles. The minimum atomic E-state index is -0.310. The molecule has 1 unspecified atom stereocenters. The second-order valence-electron chi connectivity index (χ2n) is 2.94. The van der Waals surface area contributed by atoms with Crippen molar-refractivity contribution >= 4 is 5.97 Å². The summed E-state index contributed by atoms with van der Waals surface area (Å²) in [6.07, 6.45) is 1.03. The second-order valence-corrected chi connectivity index (χ2v) is 2.94. The van der Waals surface area contributed by atoms with Crippen molar-refractivity contribution in [3.63, 3.8) is 0 Å². The summed E-state index contributed by atoms with van der Waals surface area (Å²) in [4.78, 5) is 11.1. The van der Waals surface area contributed by atoms with E-state index in [1.54, 1.807) is 6.92 Å². The molecule has 2 N–H and O–H groups in total. The summed E-state index contributed by atoms with van der Waals surface area (Å²) in [7, 11) is 0. The summed E-state index contributed by atoms with van der Waals surface area (Å²) in [5.41, 5.74) is 0. The number of hydrogen-bond donors (Lipinski definition) is 2. The van der Waals surface area contributed by atoms with Crippen LogP contribution in [0.2, 0.25) is 0 Å². The molecule has 0 aromatic carbocycles. The molecule has 1 aliphatic heterocycles. The fourth-order valence-electron chi connectivity index (χ4n) is 1.29. The van der Waals surface area contributed by atoms with Crippen molar-refractivity contribution in [2.75, 3.05) is 13.2 Å². The van der Waals surface area contributed by atoms with E-state index < -0.39 is 0 Å². The Kier molecular flexibility index (Phi) is 3.49. The van der Waals surface area contributed by atoms with Gasteiger partial charge in [0.1, 0.15) is 6.04 Å². The number of rotatable bonds is 2. The van der Waals surface area contributed by atoms with E-state index in [0.29, 0.717) is 26.0 Å². The minimum Gasteiger partial charge on any atom is -0.465 e. The highest BCUT2D eigenvalue weighted by atomic mass is 16.5. The zero-order valence-electron chi connectivity index (χ0n) is 7.25. The first kappa shape index (κ1) is 9.48. The molecule has 0 amide bonds. The lowest BCUT2D eigenvalue weighted by Crippen LogP contribution is -2.46. The van der Waals surface area contributed by atoms with Gasteiger partial charge in [0.25, 0.3) is 0 Å². The molecule has 1 rings (SSSR count). The Morgan fingerprint density at radius 1 is 1.67 bits per heavy atom. The Balaban J connectivity index is 2.29. The van der Waals surface area contributed by atoms with E-state index in [2.05, 4.69) is 5.32 Å². The van der Waals surface area contributed by atoms with Crippen molar-refractivity contribution in [2.45, 2.75) is 31.9 Å². The van der Waals surface area contributed by atoms with Gasteiger partial charge in [-0.3, -0.25) is 4.79 Å². The fraction of sp³-hybridized carbons (Fsp3) is 0.875. The molecule has 0 saturated carbocycles. The fourth-order valence-corrected chi connectivity index (χ4v) is 1.29. The highest BCUT2D eigenvalue weighted by Crippen LogP contribution is 2.08. The van der Waals surface area contributed by atoms with Crippen molar-refractivity contribution in [3.05, 3.63) is 0 Å². The molecular formula is C8H15NO3. The number of aliphatic hydroxyl groups excluding tert-OH is 1. The summed E-state index contributed by atoms with van der Waals surface area (Å²) >= 11 is 0. The molecule has 2 atom stereocenters. The predicted octanol–water partition coefficient (Wildman–Crippen LogP) is -0.338. The molecule has 1 aliphatic rings. The largest absolute Gasteiger partial charge is 0.465 e. The van der Waals surface area contributed by atoms with Gasteiger partial charge < -0.3 is 15.2 Å². The number of carbonyl (C=O) groups is 1. The summed E-state index contributed by atoms with van der Waals surface area (Å²) < 4.78 is 4.83. The van der Waals surface area contributed by atoms with E-state index in [1.807, 2.05) is 0 Å². The number of piperidine rings is 1. The number of β-amino-alcohol motifs (C(OH)–C–C–N with tert-alkyl or cyclic N) is 1. The molecule has 0 bridgehead atoms. The van der Waals surface area contributed by atoms with Gasteiger partial charge in [-0.1, -0.05) is 0 Å². The minimum absolute atomic E-state index is 0.204. The summed E-state index contributed by atoms with van der Waals surface area (Å²) in [6, 6.07) is -0.214. The van der Waals surface area contributed by atoms with Crippen molar-refractivity contribution in [1.82, 2.24) is 5.32 Å². The number of nitrogens with one attached hydrogen (secondary N) is 1. The van der Waals surface area contributed by atoms with Crippen molar-refractivity contribution in [1.29, 1.82) is 0 Å². The Hall–Kier alpha value is -0.610. The van der Waals surface area contributed by atoms with E-state index in [1.165, 1.54) is 0 Å². The first-order valence-corrected chi connectivity index (χ1v) is 4.32. The van der Waals surface area contributed by atoms with Crippen molar-refractivity contribution in [3.8, 4) is 0 Å². The molecule has 0 radical (unpaired) electrons. The maximum Gasteiger partial charge on any atom is 0.323 e. The highest BCUT2D eigenvalue weighted by molar-refractivity contribution is 5.75. The second kappa shape index (κ2) is 4.42. The van der Waals surface area contributed by atoms with E-state index in [4.69, 9.17) is 9.84 Å². The zero-order chi connectivity index (χ0) is 8.97. The summed E-state index contributed by atoms with van der Waals surface area (Å²) in [5, 5.41) is 12.1. The number of aliphatic hydroxyl groups is 1. The average Bonchev–Trinajstić information content (AvgIpc) is 2.06. The summed E-state index contributed by atoms with van der Waals surface area (Å²) in [5.74, 6) is -0.204. The van der Waals surface area contributed by atoms with Crippen LogP contribution in [0.1, 0.15) is 19.8 Å². The Morgan fingerprint density at radius 2 is 2.42 bits per heavy atom. The molecule has 0 aliphatic carbocycles. The third-order valence-electron chi connectivity index (χ3n) is 1.96. The monoisotopic (exact) mass is 173 g/mol. The normalized spacial score (nSPS) is 29.8. The molecule has 4 nitrogen and oxygen atoms in total. The first-order valence-electron chi connectivity index (χ1n) is 4.32. The lowest BCUT2D eigenvalue weighted by Gasteiger charge is -2.25. The molecule has 0 aromatic heterocycles. The molecule has 1 heterocycles. The van der Waals surface area contributed by atoms with Crippen LogP contribution >= 0.6 is 0 Å². The van der Waals surface area contributed by atoms with Crippen molar-refractivity contribution < 1.29 is 14.6 Å². The topological polar surface area (TPSA) is 58.6 Å². The van der Waals surface area contributed by atoms with Gasteiger partial charge in [0.05, 0.1) is 12.7 Å². The van der Waals surface area contributed by atoms with Crippen molar-refractivity contribution in [2.24, 2.45) is 0 Å². The van der Waals surface area contributed by atoms with Crippen LogP contribution in [0.5, 0.6) is 0 Å². The third kappa shape index (κ3) is 2.46. The van der Waals surface area contributed by atoms with Gasteiger partial charge in [-0.25, -0.2) is 0 Å². The number of hydrogen-bond acceptors (Lipinski definition) is 4. The molecular weight excluding hydrogens is 158 g/mol. The maximum atomic E-state index is 11.1. The smallest absolute Gasteiger partial charge is 0.323 e. The van der Waals surface area contributed by atoms with E-state index in [0.717, 1.165) is 0 Å². The van der Waals surface area contributed by atoms with Gasteiger partial charge in [0.15, 0.2) is 0 Å². The first-order chi connectivity index (χ1) is 5.74. The van der Waals surface area contributed by atoms with Crippen LogP contribution in [-0.2, 0) is 9.53 Å². The van der Waals surface area contributed by atoms with Gasteiger partial charge in [0.2, 0.25) is 0 Å². The van der Waals surface area contributed by atoms with Gasteiger partial charge in [-0.15, -0.1) is 0 Å². The van der Waals surface area contributed by atoms with Crippen LogP contribution in [0, 0.1) is 0 Å². The van der Waals surface area contributed by atoms with Crippen LogP contribution in [0.25, 0.3) is 0 Å². The van der Waals surface area contributed by atoms with Gasteiger partial charge in [0, 0.05) is 6.54 Å². The van der Waals surface area contributed by atoms with E-state index >= 15 is 0 Å². The molecule has 0 spiro atoms. The number of ether oxygens (including phenoxy) is 1. The van der Waals surface area contributed by atoms with Crippen LogP contribution < -0.4 is 5.32 Å². The Bertz CT molecular complexity index is 152. The Morgan fingerprint density at radius 3 is 2.92 bits per heavy atom. The Labute approximate surface area is 71.9 Å². The molecule has 0 aromatic rings. The molecule has 70 valence electrons. The number of esters is 1. The van der Waals surface area contributed by atoms with Gasteiger partial charge in [-0.05, 0) is 19.8 Å². The van der Waals surface area contributed by atoms with Crippen LogP contribution in [0.3, 0.4) is 0 Å². The summed E-state index contributed by atoms with van der Waals surface area (Å²) in [6.45, 7) is 2.69. The quantitative estimate of drug-likeness (QED) is 0.561. The molecule has 12 heavy (non-hydrogen) atoms. The maximum absolute atomic E-state index is 11.1. The lowest BCUT2D eigenvalue weighted by atomic mass is 10.0. The number of carbonyl (C=O) groups excluding carboxylic acids is 1. The van der Waals surface area contributed by atoms with Gasteiger partial charge >= 0.3 is 5.97 Å². The van der Waals surface area contributed by atoms with Crippen LogP contribution in [0.15, 0.2) is 0 Å². The molecule has 4 heteroatoms. The SMILES string of the molecule is CCOC(=O)C1CC[C@H](O)CN1.